The van der Waals surface area contributed by atoms with Gasteiger partial charge in [0.2, 0.25) is 0 Å². The normalized spacial score (nSPS) is 18.9. The van der Waals surface area contributed by atoms with Crippen molar-refractivity contribution in [2.24, 2.45) is 0 Å². The van der Waals surface area contributed by atoms with Crippen molar-refractivity contribution in [1.29, 1.82) is 0 Å². The Morgan fingerprint density at radius 3 is 2.36 bits per heavy atom. The molecule has 0 aromatic heterocycles. The van der Waals surface area contributed by atoms with Crippen molar-refractivity contribution in [3.8, 4) is 0 Å². The first-order valence-electron chi connectivity index (χ1n) is 4.35. The number of aldehydes is 1. The Hall–Kier alpha value is -0.370. The summed E-state index contributed by atoms with van der Waals surface area (Å²) in [4.78, 5) is 13.0. The number of nitrogens with zero attached hydrogens (tertiary/aromatic N) is 1. The van der Waals surface area contributed by atoms with Gasteiger partial charge in [-0.15, -0.1) is 0 Å². The number of likely N-dealkylation sites (N-methyl/N-ethyl adjacent to an activating group) is 1. The molecule has 0 saturated heterocycles. The fraction of sp³-hybridized carbons (Fsp3) is 0.889. The van der Waals surface area contributed by atoms with Gasteiger partial charge in [0.15, 0.2) is 0 Å². The van der Waals surface area contributed by atoms with Gasteiger partial charge in [0.05, 0.1) is 5.54 Å². The molecule has 64 valence electrons. The van der Waals surface area contributed by atoms with E-state index in [0.717, 1.165) is 12.8 Å². The molecule has 0 unspecified atom stereocenters. The highest BCUT2D eigenvalue weighted by atomic mass is 16.1. The van der Waals surface area contributed by atoms with Gasteiger partial charge in [0, 0.05) is 6.04 Å². The summed E-state index contributed by atoms with van der Waals surface area (Å²) in [6, 6.07) is 0.681. The summed E-state index contributed by atoms with van der Waals surface area (Å²) in [5, 5.41) is 0. The minimum Gasteiger partial charge on any atom is -0.301 e. The van der Waals surface area contributed by atoms with Gasteiger partial charge < -0.3 is 4.79 Å². The summed E-state index contributed by atoms with van der Waals surface area (Å²) in [5.74, 6) is 0. The topological polar surface area (TPSA) is 20.3 Å². The average Bonchev–Trinajstić information content (AvgIpc) is 2.73. The van der Waals surface area contributed by atoms with Gasteiger partial charge in [-0.05, 0) is 33.2 Å². The molecule has 0 amide bonds. The Bertz CT molecular complexity index is 150. The lowest BCUT2D eigenvalue weighted by Gasteiger charge is -2.33. The highest BCUT2D eigenvalue weighted by Crippen LogP contribution is 2.31. The van der Waals surface area contributed by atoms with Crippen LogP contribution in [0.4, 0.5) is 0 Å². The van der Waals surface area contributed by atoms with E-state index in [1.165, 1.54) is 12.8 Å². The molecule has 1 saturated carbocycles. The summed E-state index contributed by atoms with van der Waals surface area (Å²) in [6.07, 6.45) is 3.59. The maximum absolute atomic E-state index is 10.7. The van der Waals surface area contributed by atoms with E-state index in [0.29, 0.717) is 6.04 Å². The summed E-state index contributed by atoms with van der Waals surface area (Å²) in [5.41, 5.74) is -0.254. The average molecular weight is 155 g/mol. The molecule has 1 fully saturated rings. The van der Waals surface area contributed by atoms with E-state index < -0.39 is 0 Å². The van der Waals surface area contributed by atoms with Crippen LogP contribution in [-0.2, 0) is 4.79 Å². The van der Waals surface area contributed by atoms with E-state index in [9.17, 15) is 4.79 Å². The monoisotopic (exact) mass is 155 g/mol. The molecule has 1 aliphatic carbocycles. The number of carbonyl (C=O) groups excluding carboxylic acids is 1. The van der Waals surface area contributed by atoms with Crippen molar-refractivity contribution in [1.82, 2.24) is 4.90 Å². The van der Waals surface area contributed by atoms with Crippen LogP contribution in [0.2, 0.25) is 0 Å². The fourth-order valence-electron chi connectivity index (χ4n) is 1.59. The van der Waals surface area contributed by atoms with Crippen LogP contribution in [-0.4, -0.2) is 29.3 Å². The molecule has 0 atom stereocenters. The lowest BCUT2D eigenvalue weighted by atomic mass is 10.1. The van der Waals surface area contributed by atoms with Gasteiger partial charge >= 0.3 is 0 Å². The third-order valence-electron chi connectivity index (χ3n) is 2.36. The molecule has 2 nitrogen and oxygen atoms in total. The Morgan fingerprint density at radius 2 is 2.09 bits per heavy atom. The quantitative estimate of drug-likeness (QED) is 0.573. The summed E-state index contributed by atoms with van der Waals surface area (Å²) in [6.45, 7) is 7.07. The van der Waals surface area contributed by atoms with Crippen LogP contribution in [0, 0.1) is 0 Å². The maximum Gasteiger partial charge on any atom is 0.139 e. The smallest absolute Gasteiger partial charge is 0.139 e. The molecule has 1 aliphatic rings. The SMILES string of the molecule is CCN(C1CC1)C(C)(C)C=O. The second kappa shape index (κ2) is 2.94. The van der Waals surface area contributed by atoms with Gasteiger partial charge in [0.1, 0.15) is 6.29 Å². The van der Waals surface area contributed by atoms with Gasteiger partial charge in [0.25, 0.3) is 0 Å². The van der Waals surface area contributed by atoms with E-state index in [4.69, 9.17) is 0 Å². The van der Waals surface area contributed by atoms with E-state index in [1.807, 2.05) is 13.8 Å². The zero-order chi connectivity index (χ0) is 8.48. The van der Waals surface area contributed by atoms with Crippen molar-refractivity contribution in [3.63, 3.8) is 0 Å². The van der Waals surface area contributed by atoms with Crippen LogP contribution in [0.25, 0.3) is 0 Å². The van der Waals surface area contributed by atoms with Crippen LogP contribution in [0.5, 0.6) is 0 Å². The molecule has 2 heteroatoms. The number of carbonyl (C=O) groups is 1. The number of hydrogen-bond donors (Lipinski definition) is 0. The first kappa shape index (κ1) is 8.72. The van der Waals surface area contributed by atoms with Crippen molar-refractivity contribution >= 4 is 6.29 Å². The van der Waals surface area contributed by atoms with Gasteiger partial charge in [-0.2, -0.15) is 0 Å². The predicted octanol–water partition coefficient (Wildman–Crippen LogP) is 1.45. The van der Waals surface area contributed by atoms with Gasteiger partial charge in [-0.3, -0.25) is 4.90 Å². The van der Waals surface area contributed by atoms with E-state index in [-0.39, 0.29) is 5.54 Å². The highest BCUT2D eigenvalue weighted by molar-refractivity contribution is 5.62. The molecule has 0 radical (unpaired) electrons. The highest BCUT2D eigenvalue weighted by Gasteiger charge is 2.36. The molecule has 0 N–H and O–H groups in total. The van der Waals surface area contributed by atoms with Crippen LogP contribution < -0.4 is 0 Å². The molecule has 0 heterocycles. The molecule has 0 bridgehead atoms. The van der Waals surface area contributed by atoms with Crippen LogP contribution in [0.15, 0.2) is 0 Å². The molecular weight excluding hydrogens is 138 g/mol. The second-order valence-electron chi connectivity index (χ2n) is 3.79. The Balaban J connectivity index is 2.58. The maximum atomic E-state index is 10.7. The van der Waals surface area contributed by atoms with Gasteiger partial charge in [-0.25, -0.2) is 0 Å². The summed E-state index contributed by atoms with van der Waals surface area (Å²) in [7, 11) is 0. The third kappa shape index (κ3) is 1.80. The van der Waals surface area contributed by atoms with E-state index in [1.54, 1.807) is 0 Å². The van der Waals surface area contributed by atoms with Crippen molar-refractivity contribution in [2.75, 3.05) is 6.54 Å². The minimum atomic E-state index is -0.254. The number of hydrogen-bond acceptors (Lipinski definition) is 2. The Morgan fingerprint density at radius 1 is 1.55 bits per heavy atom. The molecule has 0 aromatic rings. The minimum absolute atomic E-state index is 0.254. The molecule has 1 rings (SSSR count). The molecule has 0 aromatic carbocycles. The van der Waals surface area contributed by atoms with Gasteiger partial charge in [-0.1, -0.05) is 6.92 Å². The molecule has 11 heavy (non-hydrogen) atoms. The second-order valence-corrected chi connectivity index (χ2v) is 3.79. The van der Waals surface area contributed by atoms with Crippen molar-refractivity contribution in [3.05, 3.63) is 0 Å². The lowest BCUT2D eigenvalue weighted by molar-refractivity contribution is -0.117. The molecular formula is C9H17NO. The van der Waals surface area contributed by atoms with E-state index >= 15 is 0 Å². The van der Waals surface area contributed by atoms with Crippen molar-refractivity contribution in [2.45, 2.75) is 45.2 Å². The zero-order valence-electron chi connectivity index (χ0n) is 7.63. The summed E-state index contributed by atoms with van der Waals surface area (Å²) >= 11 is 0. The predicted molar refractivity (Wildman–Crippen MR) is 45.5 cm³/mol. The number of rotatable bonds is 4. The van der Waals surface area contributed by atoms with Crippen LogP contribution in [0.1, 0.15) is 33.6 Å². The molecule has 0 aliphatic heterocycles. The third-order valence-corrected chi connectivity index (χ3v) is 2.36. The standard InChI is InChI=1S/C9H17NO/c1-4-10(8-5-6-8)9(2,3)7-11/h7-8H,4-6H2,1-3H3. The Labute approximate surface area is 68.6 Å². The summed E-state index contributed by atoms with van der Waals surface area (Å²) < 4.78 is 0. The zero-order valence-corrected chi connectivity index (χ0v) is 7.63. The largest absolute Gasteiger partial charge is 0.301 e. The Kier molecular flexibility index (Phi) is 2.33. The fourth-order valence-corrected chi connectivity index (χ4v) is 1.59. The lowest BCUT2D eigenvalue weighted by Crippen LogP contribution is -2.46. The first-order chi connectivity index (χ1) is 5.11. The van der Waals surface area contributed by atoms with Crippen molar-refractivity contribution < 1.29 is 4.79 Å². The first-order valence-corrected chi connectivity index (χ1v) is 4.35. The van der Waals surface area contributed by atoms with Crippen LogP contribution >= 0.6 is 0 Å². The van der Waals surface area contributed by atoms with E-state index in [2.05, 4.69) is 11.8 Å². The van der Waals surface area contributed by atoms with Crippen LogP contribution in [0.3, 0.4) is 0 Å². The molecule has 0 spiro atoms.